The maximum absolute atomic E-state index is 12.5. The zero-order valence-electron chi connectivity index (χ0n) is 8.68. The van der Waals surface area contributed by atoms with Crippen molar-refractivity contribution >= 4 is 5.97 Å². The van der Waals surface area contributed by atoms with Gasteiger partial charge in [-0.1, -0.05) is 13.3 Å². The quantitative estimate of drug-likeness (QED) is 0.805. The molecule has 1 aromatic heterocycles. The van der Waals surface area contributed by atoms with Crippen molar-refractivity contribution in [1.29, 1.82) is 0 Å². The topological polar surface area (TPSA) is 80.9 Å². The van der Waals surface area contributed by atoms with Crippen molar-refractivity contribution in [3.8, 4) is 0 Å². The van der Waals surface area contributed by atoms with Crippen molar-refractivity contribution in [2.45, 2.75) is 38.7 Å². The van der Waals surface area contributed by atoms with Gasteiger partial charge in [-0.2, -0.15) is 0 Å². The van der Waals surface area contributed by atoms with Crippen molar-refractivity contribution in [3.63, 3.8) is 0 Å². The van der Waals surface area contributed by atoms with E-state index in [2.05, 4.69) is 15.5 Å². The molecule has 0 saturated heterocycles. The van der Waals surface area contributed by atoms with Gasteiger partial charge in [-0.25, -0.2) is 13.5 Å². The van der Waals surface area contributed by atoms with Gasteiger partial charge in [0.2, 0.25) is 5.82 Å². The van der Waals surface area contributed by atoms with Crippen LogP contribution in [0, 0.1) is 0 Å². The number of rotatable bonds is 6. The van der Waals surface area contributed by atoms with Crippen molar-refractivity contribution in [1.82, 2.24) is 20.2 Å². The Labute approximate surface area is 90.3 Å². The minimum Gasteiger partial charge on any atom is -0.481 e. The highest BCUT2D eigenvalue weighted by Gasteiger charge is 2.24. The average Bonchev–Trinajstić information content (AvgIpc) is 2.64. The maximum Gasteiger partial charge on any atom is 0.305 e. The van der Waals surface area contributed by atoms with E-state index in [1.54, 1.807) is 0 Å². The van der Waals surface area contributed by atoms with E-state index in [1.807, 2.05) is 6.92 Å². The van der Waals surface area contributed by atoms with Crippen LogP contribution in [0.15, 0.2) is 0 Å². The third-order valence-electron chi connectivity index (χ3n) is 2.09. The molecule has 0 amide bonds. The predicted molar refractivity (Wildman–Crippen MR) is 49.0 cm³/mol. The van der Waals surface area contributed by atoms with Crippen LogP contribution in [-0.2, 0) is 4.79 Å². The van der Waals surface area contributed by atoms with E-state index in [9.17, 15) is 13.6 Å². The molecule has 1 N–H and O–H groups in total. The SMILES string of the molecule is CCCC(CC(=O)O)n1nnnc1C(F)F. The summed E-state index contributed by atoms with van der Waals surface area (Å²) in [5, 5.41) is 18.4. The van der Waals surface area contributed by atoms with Gasteiger partial charge in [0.15, 0.2) is 0 Å². The Balaban J connectivity index is 2.91. The molecular formula is C8H12F2N4O2. The van der Waals surface area contributed by atoms with Crippen molar-refractivity contribution in [2.24, 2.45) is 0 Å². The molecule has 0 radical (unpaired) electrons. The lowest BCUT2D eigenvalue weighted by Gasteiger charge is -2.14. The van der Waals surface area contributed by atoms with Gasteiger partial charge in [0, 0.05) is 0 Å². The second kappa shape index (κ2) is 5.47. The Bertz CT molecular complexity index is 356. The molecule has 0 bridgehead atoms. The Kier molecular flexibility index (Phi) is 4.27. The number of carboxylic acid groups (broad SMARTS) is 1. The number of alkyl halides is 2. The molecule has 1 heterocycles. The number of carboxylic acids is 1. The van der Waals surface area contributed by atoms with E-state index in [4.69, 9.17) is 5.11 Å². The van der Waals surface area contributed by atoms with E-state index in [0.717, 1.165) is 4.68 Å². The molecule has 0 fully saturated rings. The standard InChI is InChI=1S/C8H12F2N4O2/c1-2-3-5(4-6(15)16)14-8(7(9)10)11-12-13-14/h5,7H,2-4H2,1H3,(H,15,16). The van der Waals surface area contributed by atoms with Gasteiger partial charge >= 0.3 is 5.97 Å². The highest BCUT2D eigenvalue weighted by molar-refractivity contribution is 5.67. The van der Waals surface area contributed by atoms with Crippen LogP contribution in [0.4, 0.5) is 8.78 Å². The molecule has 1 unspecified atom stereocenters. The predicted octanol–water partition coefficient (Wildman–Crippen LogP) is 1.43. The summed E-state index contributed by atoms with van der Waals surface area (Å²) in [5.74, 6) is -1.64. The zero-order chi connectivity index (χ0) is 12.1. The maximum atomic E-state index is 12.5. The molecule has 0 aliphatic heterocycles. The first-order valence-corrected chi connectivity index (χ1v) is 4.84. The largest absolute Gasteiger partial charge is 0.481 e. The molecule has 6 nitrogen and oxygen atoms in total. The molecule has 0 aromatic carbocycles. The average molecular weight is 234 g/mol. The van der Waals surface area contributed by atoms with Crippen LogP contribution in [0.1, 0.15) is 44.5 Å². The van der Waals surface area contributed by atoms with Gasteiger partial charge in [0.1, 0.15) is 0 Å². The molecule has 0 aliphatic rings. The lowest BCUT2D eigenvalue weighted by Crippen LogP contribution is -2.18. The monoisotopic (exact) mass is 234 g/mol. The minimum atomic E-state index is -2.80. The summed E-state index contributed by atoms with van der Waals surface area (Å²) in [5.41, 5.74) is 0. The Morgan fingerprint density at radius 3 is 2.75 bits per heavy atom. The van der Waals surface area contributed by atoms with Crippen LogP contribution in [0.2, 0.25) is 0 Å². The van der Waals surface area contributed by atoms with Crippen LogP contribution in [0.5, 0.6) is 0 Å². The van der Waals surface area contributed by atoms with Gasteiger partial charge in [-0.3, -0.25) is 4.79 Å². The van der Waals surface area contributed by atoms with Crippen LogP contribution >= 0.6 is 0 Å². The molecule has 1 atom stereocenters. The second-order valence-corrected chi connectivity index (χ2v) is 3.32. The summed E-state index contributed by atoms with van der Waals surface area (Å²) in [6, 6.07) is -0.624. The molecule has 16 heavy (non-hydrogen) atoms. The zero-order valence-corrected chi connectivity index (χ0v) is 8.68. The Morgan fingerprint density at radius 2 is 2.25 bits per heavy atom. The van der Waals surface area contributed by atoms with Crippen LogP contribution < -0.4 is 0 Å². The lowest BCUT2D eigenvalue weighted by atomic mass is 10.1. The third-order valence-corrected chi connectivity index (χ3v) is 2.09. The van der Waals surface area contributed by atoms with E-state index in [1.165, 1.54) is 0 Å². The smallest absolute Gasteiger partial charge is 0.305 e. The first kappa shape index (κ1) is 12.5. The molecule has 0 aliphatic carbocycles. The summed E-state index contributed by atoms with van der Waals surface area (Å²) in [6.07, 6.45) is -1.96. The van der Waals surface area contributed by atoms with Crippen molar-refractivity contribution in [2.75, 3.05) is 0 Å². The van der Waals surface area contributed by atoms with Crippen molar-refractivity contribution in [3.05, 3.63) is 5.82 Å². The first-order chi connectivity index (χ1) is 7.56. The van der Waals surface area contributed by atoms with Crippen LogP contribution in [-0.4, -0.2) is 31.3 Å². The summed E-state index contributed by atoms with van der Waals surface area (Å²) >= 11 is 0. The number of hydrogen-bond acceptors (Lipinski definition) is 4. The third kappa shape index (κ3) is 2.94. The molecule has 0 spiro atoms. The highest BCUT2D eigenvalue weighted by atomic mass is 19.3. The summed E-state index contributed by atoms with van der Waals surface area (Å²) in [4.78, 5) is 10.6. The molecule has 0 saturated carbocycles. The number of nitrogens with zero attached hydrogens (tertiary/aromatic N) is 4. The van der Waals surface area contributed by atoms with E-state index in [-0.39, 0.29) is 6.42 Å². The van der Waals surface area contributed by atoms with Gasteiger partial charge in [0.05, 0.1) is 12.5 Å². The van der Waals surface area contributed by atoms with Gasteiger partial charge in [-0.05, 0) is 16.8 Å². The molecular weight excluding hydrogens is 222 g/mol. The lowest BCUT2D eigenvalue weighted by molar-refractivity contribution is -0.138. The number of aromatic nitrogens is 4. The number of halogens is 2. The van der Waals surface area contributed by atoms with Crippen molar-refractivity contribution < 1.29 is 18.7 Å². The molecule has 90 valence electrons. The van der Waals surface area contributed by atoms with E-state index < -0.39 is 24.3 Å². The van der Waals surface area contributed by atoms with Crippen LogP contribution in [0.3, 0.4) is 0 Å². The Morgan fingerprint density at radius 1 is 1.56 bits per heavy atom. The molecule has 8 heteroatoms. The van der Waals surface area contributed by atoms with Crippen LogP contribution in [0.25, 0.3) is 0 Å². The molecule has 1 rings (SSSR count). The fraction of sp³-hybridized carbons (Fsp3) is 0.750. The number of tetrazole rings is 1. The summed E-state index contributed by atoms with van der Waals surface area (Å²) < 4.78 is 25.9. The van der Waals surface area contributed by atoms with E-state index in [0.29, 0.717) is 12.8 Å². The number of hydrogen-bond donors (Lipinski definition) is 1. The Hall–Kier alpha value is -1.60. The molecule has 1 aromatic rings. The van der Waals surface area contributed by atoms with Gasteiger partial charge in [0.25, 0.3) is 6.43 Å². The fourth-order valence-electron chi connectivity index (χ4n) is 1.45. The summed E-state index contributed by atoms with van der Waals surface area (Å²) in [6.45, 7) is 1.83. The number of carbonyl (C=O) groups is 1. The highest BCUT2D eigenvalue weighted by Crippen LogP contribution is 2.23. The minimum absolute atomic E-state index is 0.265. The van der Waals surface area contributed by atoms with Gasteiger partial charge in [-0.15, -0.1) is 5.10 Å². The van der Waals surface area contributed by atoms with E-state index >= 15 is 0 Å². The first-order valence-electron chi connectivity index (χ1n) is 4.84. The fourth-order valence-corrected chi connectivity index (χ4v) is 1.45. The number of aliphatic carboxylic acids is 1. The van der Waals surface area contributed by atoms with Gasteiger partial charge < -0.3 is 5.11 Å². The normalized spacial score (nSPS) is 13.0. The summed E-state index contributed by atoms with van der Waals surface area (Å²) in [7, 11) is 0. The second-order valence-electron chi connectivity index (χ2n) is 3.32.